The molecule has 0 atom stereocenters. The zero-order chi connectivity index (χ0) is 15.6. The number of carbonyl (C=O) groups excluding carboxylic acids is 1. The summed E-state index contributed by atoms with van der Waals surface area (Å²) in [4.78, 5) is 20.2. The summed E-state index contributed by atoms with van der Waals surface area (Å²) in [5.41, 5.74) is 1.99. The summed E-state index contributed by atoms with van der Waals surface area (Å²) < 4.78 is 2.03. The molecule has 0 aromatic carbocycles. The van der Waals surface area contributed by atoms with Gasteiger partial charge in [0.15, 0.2) is 0 Å². The summed E-state index contributed by atoms with van der Waals surface area (Å²) in [6, 6.07) is 8.15. The lowest BCUT2D eigenvalue weighted by atomic mass is 10.2. The number of nitrogens with one attached hydrogen (secondary N) is 1. The minimum atomic E-state index is 0.171. The molecule has 0 bridgehead atoms. The first-order valence-electron chi connectivity index (χ1n) is 7.79. The maximum absolute atomic E-state index is 12.6. The number of fused-ring (bicyclic) bond motifs is 1. The topological polar surface area (TPSA) is 50.2 Å². The first-order valence-corrected chi connectivity index (χ1v) is 8.67. The third-order valence-electron chi connectivity index (χ3n) is 4.21. The predicted molar refractivity (Wildman–Crippen MR) is 92.5 cm³/mol. The van der Waals surface area contributed by atoms with Gasteiger partial charge in [0, 0.05) is 44.0 Å². The van der Waals surface area contributed by atoms with E-state index in [4.69, 9.17) is 0 Å². The molecule has 0 spiro atoms. The van der Waals surface area contributed by atoms with Gasteiger partial charge in [-0.2, -0.15) is 0 Å². The Balaban J connectivity index is 1.69. The van der Waals surface area contributed by atoms with Crippen molar-refractivity contribution in [2.75, 3.05) is 26.2 Å². The molecule has 1 N–H and O–H groups in total. The van der Waals surface area contributed by atoms with Crippen molar-refractivity contribution in [1.82, 2.24) is 19.8 Å². The Morgan fingerprint density at radius 1 is 1.26 bits per heavy atom. The number of aromatic nitrogens is 2. The minimum Gasteiger partial charge on any atom is -0.339 e. The van der Waals surface area contributed by atoms with E-state index in [-0.39, 0.29) is 5.91 Å². The van der Waals surface area contributed by atoms with E-state index in [0.717, 1.165) is 47.7 Å². The molecular weight excluding hydrogens is 308 g/mol. The fraction of sp³-hybridized carbons (Fsp3) is 0.294. The van der Waals surface area contributed by atoms with Crippen molar-refractivity contribution < 1.29 is 4.79 Å². The molecule has 0 unspecified atom stereocenters. The molecule has 6 heteroatoms. The van der Waals surface area contributed by atoms with Crippen LogP contribution in [0.4, 0.5) is 0 Å². The Morgan fingerprint density at radius 2 is 2.13 bits per heavy atom. The van der Waals surface area contributed by atoms with Crippen LogP contribution in [-0.2, 0) is 11.3 Å². The first kappa shape index (κ1) is 14.4. The van der Waals surface area contributed by atoms with Crippen molar-refractivity contribution >= 4 is 28.1 Å². The highest BCUT2D eigenvalue weighted by Gasteiger charge is 2.18. The Hall–Kier alpha value is -2.18. The lowest BCUT2D eigenvalue weighted by molar-refractivity contribution is -0.132. The second kappa shape index (κ2) is 6.14. The average Bonchev–Trinajstić information content (AvgIpc) is 3.26. The number of carbonyl (C=O) groups is 1. The lowest BCUT2D eigenvalue weighted by Gasteiger charge is -2.27. The minimum absolute atomic E-state index is 0.171. The number of pyridine rings is 1. The molecule has 1 aliphatic rings. The number of amides is 1. The quantitative estimate of drug-likeness (QED) is 0.803. The van der Waals surface area contributed by atoms with Gasteiger partial charge in [0.1, 0.15) is 12.2 Å². The van der Waals surface area contributed by atoms with E-state index in [9.17, 15) is 4.79 Å². The highest BCUT2D eigenvalue weighted by molar-refractivity contribution is 7.13. The van der Waals surface area contributed by atoms with Crippen molar-refractivity contribution in [2.24, 2.45) is 0 Å². The Morgan fingerprint density at radius 3 is 2.91 bits per heavy atom. The number of thiophene rings is 1. The van der Waals surface area contributed by atoms with E-state index in [2.05, 4.69) is 27.8 Å². The van der Waals surface area contributed by atoms with Crippen LogP contribution < -0.4 is 5.32 Å². The van der Waals surface area contributed by atoms with Crippen LogP contribution in [0.15, 0.2) is 42.0 Å². The molecular formula is C17H18N4OS. The van der Waals surface area contributed by atoms with Crippen molar-refractivity contribution in [2.45, 2.75) is 6.54 Å². The molecule has 1 aliphatic heterocycles. The Labute approximate surface area is 138 Å². The van der Waals surface area contributed by atoms with Gasteiger partial charge in [-0.15, -0.1) is 11.3 Å². The molecule has 4 rings (SSSR count). The van der Waals surface area contributed by atoms with E-state index in [0.29, 0.717) is 6.54 Å². The second-order valence-corrected chi connectivity index (χ2v) is 6.60. The summed E-state index contributed by atoms with van der Waals surface area (Å²) >= 11 is 1.67. The van der Waals surface area contributed by atoms with Crippen LogP contribution in [0.2, 0.25) is 0 Å². The van der Waals surface area contributed by atoms with Gasteiger partial charge in [-0.3, -0.25) is 9.78 Å². The third kappa shape index (κ3) is 2.75. The molecule has 118 valence electrons. The van der Waals surface area contributed by atoms with Crippen LogP contribution in [0.3, 0.4) is 0 Å². The largest absolute Gasteiger partial charge is 0.339 e. The van der Waals surface area contributed by atoms with Gasteiger partial charge < -0.3 is 14.8 Å². The van der Waals surface area contributed by atoms with Crippen LogP contribution in [0, 0.1) is 0 Å². The zero-order valence-corrected chi connectivity index (χ0v) is 13.6. The number of rotatable bonds is 3. The van der Waals surface area contributed by atoms with Crippen LogP contribution in [0.25, 0.3) is 21.5 Å². The summed E-state index contributed by atoms with van der Waals surface area (Å²) in [6.45, 7) is 3.69. The molecule has 1 fully saturated rings. The first-order chi connectivity index (χ1) is 11.3. The molecule has 1 saturated heterocycles. The smallest absolute Gasteiger partial charge is 0.242 e. The normalized spacial score (nSPS) is 15.2. The lowest BCUT2D eigenvalue weighted by Crippen LogP contribution is -2.47. The van der Waals surface area contributed by atoms with Gasteiger partial charge in [-0.05, 0) is 23.6 Å². The van der Waals surface area contributed by atoms with Gasteiger partial charge in [0.05, 0.1) is 10.4 Å². The monoisotopic (exact) mass is 326 g/mol. The van der Waals surface area contributed by atoms with E-state index in [1.54, 1.807) is 11.3 Å². The fourth-order valence-corrected chi connectivity index (χ4v) is 3.76. The third-order valence-corrected chi connectivity index (χ3v) is 5.08. The Bertz CT molecular complexity index is 818. The summed E-state index contributed by atoms with van der Waals surface area (Å²) in [5.74, 6) is 0.171. The van der Waals surface area contributed by atoms with Gasteiger partial charge in [-0.1, -0.05) is 6.07 Å². The van der Waals surface area contributed by atoms with Crippen molar-refractivity contribution in [3.8, 4) is 10.6 Å². The summed E-state index contributed by atoms with van der Waals surface area (Å²) in [6.07, 6.45) is 3.82. The van der Waals surface area contributed by atoms with Crippen molar-refractivity contribution in [1.29, 1.82) is 0 Å². The molecule has 0 saturated carbocycles. The van der Waals surface area contributed by atoms with E-state index < -0.39 is 0 Å². The van der Waals surface area contributed by atoms with Gasteiger partial charge in [-0.25, -0.2) is 0 Å². The molecule has 5 nitrogen and oxygen atoms in total. The molecule has 1 amide bonds. The molecule has 3 aromatic rings. The number of nitrogens with zero attached hydrogens (tertiary/aromatic N) is 3. The van der Waals surface area contributed by atoms with Gasteiger partial charge >= 0.3 is 0 Å². The van der Waals surface area contributed by atoms with E-state index in [1.165, 1.54) is 0 Å². The van der Waals surface area contributed by atoms with Crippen LogP contribution in [-0.4, -0.2) is 46.5 Å². The van der Waals surface area contributed by atoms with Gasteiger partial charge in [0.25, 0.3) is 0 Å². The average molecular weight is 326 g/mol. The highest BCUT2D eigenvalue weighted by Crippen LogP contribution is 2.30. The number of hydrogen-bond acceptors (Lipinski definition) is 4. The van der Waals surface area contributed by atoms with Crippen LogP contribution in [0.5, 0.6) is 0 Å². The number of hydrogen-bond donors (Lipinski definition) is 1. The van der Waals surface area contributed by atoms with E-state index >= 15 is 0 Å². The van der Waals surface area contributed by atoms with E-state index in [1.807, 2.05) is 34.0 Å². The van der Waals surface area contributed by atoms with Crippen LogP contribution in [0.1, 0.15) is 0 Å². The highest BCUT2D eigenvalue weighted by atomic mass is 32.1. The second-order valence-electron chi connectivity index (χ2n) is 5.65. The summed E-state index contributed by atoms with van der Waals surface area (Å²) in [7, 11) is 0. The standard InChI is InChI=1S/C17H18N4OS/c22-15(20-9-6-18-7-10-20)12-21-8-4-13-3-5-19-16(17(13)21)14-2-1-11-23-14/h1-5,8,11,18H,6-7,9-10,12H2. The number of piperazine rings is 1. The molecule has 4 heterocycles. The maximum Gasteiger partial charge on any atom is 0.242 e. The maximum atomic E-state index is 12.6. The Kier molecular flexibility index (Phi) is 3.85. The van der Waals surface area contributed by atoms with Crippen molar-refractivity contribution in [3.63, 3.8) is 0 Å². The SMILES string of the molecule is O=C(Cn1ccc2ccnc(-c3cccs3)c21)N1CCNCC1. The summed E-state index contributed by atoms with van der Waals surface area (Å²) in [5, 5.41) is 6.45. The zero-order valence-electron chi connectivity index (χ0n) is 12.7. The molecule has 0 aliphatic carbocycles. The molecule has 3 aromatic heterocycles. The fourth-order valence-electron chi connectivity index (χ4n) is 3.04. The van der Waals surface area contributed by atoms with Gasteiger partial charge in [0.2, 0.25) is 5.91 Å². The molecule has 23 heavy (non-hydrogen) atoms. The predicted octanol–water partition coefficient (Wildman–Crippen LogP) is 2.20. The molecule has 0 radical (unpaired) electrons. The van der Waals surface area contributed by atoms with Crippen LogP contribution >= 0.6 is 11.3 Å². The van der Waals surface area contributed by atoms with Crippen molar-refractivity contribution in [3.05, 3.63) is 42.0 Å².